The number of rotatable bonds is 4. The molecule has 2 heterocycles. The Labute approximate surface area is 108 Å². The molecule has 1 N–H and O–H groups in total. The van der Waals surface area contributed by atoms with E-state index in [1.807, 2.05) is 18.3 Å². The molecule has 0 fully saturated rings. The number of anilines is 1. The van der Waals surface area contributed by atoms with Crippen LogP contribution in [-0.4, -0.2) is 15.0 Å². The maximum Gasteiger partial charge on any atom is 0.129 e. The molecule has 2 aromatic heterocycles. The van der Waals surface area contributed by atoms with Gasteiger partial charge in [-0.2, -0.15) is 0 Å². The molecule has 0 bridgehead atoms. The summed E-state index contributed by atoms with van der Waals surface area (Å²) in [7, 11) is 0. The summed E-state index contributed by atoms with van der Waals surface area (Å²) in [6.07, 6.45) is 5.29. The molecular weight excluding hydrogens is 224 g/mol. The van der Waals surface area contributed by atoms with Crippen LogP contribution in [0.15, 0.2) is 30.9 Å². The Morgan fingerprint density at radius 3 is 2.83 bits per heavy atom. The van der Waals surface area contributed by atoms with E-state index in [9.17, 15) is 0 Å². The molecular formula is C14H18N4. The summed E-state index contributed by atoms with van der Waals surface area (Å²) in [5.74, 6) is 1.27. The maximum absolute atomic E-state index is 4.25. The van der Waals surface area contributed by atoms with Gasteiger partial charge >= 0.3 is 0 Å². The molecule has 94 valence electrons. The molecule has 0 radical (unpaired) electrons. The summed E-state index contributed by atoms with van der Waals surface area (Å²) in [6, 6.07) is 4.01. The van der Waals surface area contributed by atoms with Gasteiger partial charge in [-0.1, -0.05) is 13.8 Å². The Bertz CT molecular complexity index is 523. The van der Waals surface area contributed by atoms with Gasteiger partial charge in [-0.15, -0.1) is 0 Å². The summed E-state index contributed by atoms with van der Waals surface area (Å²) >= 11 is 0. The van der Waals surface area contributed by atoms with E-state index in [4.69, 9.17) is 0 Å². The van der Waals surface area contributed by atoms with Gasteiger partial charge in [-0.25, -0.2) is 9.97 Å². The largest absolute Gasteiger partial charge is 0.366 e. The van der Waals surface area contributed by atoms with E-state index >= 15 is 0 Å². The van der Waals surface area contributed by atoms with Gasteiger partial charge in [0.25, 0.3) is 0 Å². The van der Waals surface area contributed by atoms with E-state index in [1.54, 1.807) is 12.5 Å². The van der Waals surface area contributed by atoms with Gasteiger partial charge in [0.05, 0.1) is 0 Å². The first-order valence-electron chi connectivity index (χ1n) is 6.12. The van der Waals surface area contributed by atoms with Crippen LogP contribution >= 0.6 is 0 Å². The van der Waals surface area contributed by atoms with E-state index in [-0.39, 0.29) is 0 Å². The molecule has 0 unspecified atom stereocenters. The summed E-state index contributed by atoms with van der Waals surface area (Å²) in [6.45, 7) is 7.06. The van der Waals surface area contributed by atoms with Crippen LogP contribution in [-0.2, 0) is 6.54 Å². The average molecular weight is 242 g/mol. The first-order valence-corrected chi connectivity index (χ1v) is 6.12. The number of aryl methyl sites for hydroxylation is 1. The van der Waals surface area contributed by atoms with Crippen molar-refractivity contribution in [2.24, 2.45) is 0 Å². The molecule has 2 rings (SSSR count). The van der Waals surface area contributed by atoms with E-state index in [0.717, 1.165) is 18.1 Å². The first kappa shape index (κ1) is 12.5. The van der Waals surface area contributed by atoms with Crippen molar-refractivity contribution in [2.75, 3.05) is 5.32 Å². The fourth-order valence-corrected chi connectivity index (χ4v) is 1.65. The summed E-state index contributed by atoms with van der Waals surface area (Å²) < 4.78 is 0. The number of nitrogens with zero attached hydrogens (tertiary/aromatic N) is 3. The van der Waals surface area contributed by atoms with Crippen molar-refractivity contribution in [3.05, 3.63) is 47.7 Å². The monoisotopic (exact) mass is 242 g/mol. The Balaban J connectivity index is 2.07. The van der Waals surface area contributed by atoms with Gasteiger partial charge < -0.3 is 5.32 Å². The van der Waals surface area contributed by atoms with E-state index in [0.29, 0.717) is 5.92 Å². The molecule has 2 aromatic rings. The third kappa shape index (κ3) is 3.03. The standard InChI is InChI=1S/C14H18N4/c1-10(2)13-6-14(18-9-17-13)16-8-12-7-15-5-4-11(12)3/h4-7,9-10H,8H2,1-3H3,(H,16,17,18). The molecule has 0 atom stereocenters. The summed E-state index contributed by atoms with van der Waals surface area (Å²) in [4.78, 5) is 12.6. The molecule has 0 saturated heterocycles. The fraction of sp³-hybridized carbons (Fsp3) is 0.357. The molecule has 4 nitrogen and oxygen atoms in total. The Hall–Kier alpha value is -1.97. The molecule has 18 heavy (non-hydrogen) atoms. The minimum Gasteiger partial charge on any atom is -0.366 e. The predicted octanol–water partition coefficient (Wildman–Crippen LogP) is 2.92. The van der Waals surface area contributed by atoms with Gasteiger partial charge in [0.1, 0.15) is 12.1 Å². The highest BCUT2D eigenvalue weighted by molar-refractivity contribution is 5.37. The molecule has 0 amide bonds. The molecule has 0 spiro atoms. The predicted molar refractivity (Wildman–Crippen MR) is 72.4 cm³/mol. The van der Waals surface area contributed by atoms with Crippen molar-refractivity contribution in [3.8, 4) is 0 Å². The summed E-state index contributed by atoms with van der Waals surface area (Å²) in [5.41, 5.74) is 3.47. The van der Waals surface area contributed by atoms with Crippen molar-refractivity contribution >= 4 is 5.82 Å². The lowest BCUT2D eigenvalue weighted by Gasteiger charge is -2.09. The second-order valence-corrected chi connectivity index (χ2v) is 4.64. The van der Waals surface area contributed by atoms with Crippen molar-refractivity contribution in [1.82, 2.24) is 15.0 Å². The lowest BCUT2D eigenvalue weighted by atomic mass is 10.1. The lowest BCUT2D eigenvalue weighted by molar-refractivity contribution is 0.813. The zero-order valence-corrected chi connectivity index (χ0v) is 11.0. The molecule has 4 heteroatoms. The second-order valence-electron chi connectivity index (χ2n) is 4.64. The number of nitrogens with one attached hydrogen (secondary N) is 1. The first-order chi connectivity index (χ1) is 8.66. The zero-order chi connectivity index (χ0) is 13.0. The van der Waals surface area contributed by atoms with Gasteiger partial charge in [-0.3, -0.25) is 4.98 Å². The van der Waals surface area contributed by atoms with Crippen LogP contribution < -0.4 is 5.32 Å². The van der Waals surface area contributed by atoms with Crippen molar-refractivity contribution < 1.29 is 0 Å². The van der Waals surface area contributed by atoms with Crippen LogP contribution in [0.2, 0.25) is 0 Å². The van der Waals surface area contributed by atoms with Crippen LogP contribution in [0.25, 0.3) is 0 Å². The van der Waals surface area contributed by atoms with Gasteiger partial charge in [0.2, 0.25) is 0 Å². The Morgan fingerprint density at radius 2 is 2.11 bits per heavy atom. The Morgan fingerprint density at radius 1 is 1.28 bits per heavy atom. The second kappa shape index (κ2) is 5.58. The molecule has 0 aliphatic carbocycles. The molecule has 0 aromatic carbocycles. The number of hydrogen-bond acceptors (Lipinski definition) is 4. The number of pyridine rings is 1. The van der Waals surface area contributed by atoms with E-state index in [1.165, 1.54) is 11.1 Å². The number of hydrogen-bond donors (Lipinski definition) is 1. The Kier molecular flexibility index (Phi) is 3.87. The maximum atomic E-state index is 4.25. The zero-order valence-electron chi connectivity index (χ0n) is 11.0. The van der Waals surface area contributed by atoms with Gasteiger partial charge in [-0.05, 0) is 30.0 Å². The summed E-state index contributed by atoms with van der Waals surface area (Å²) in [5, 5.41) is 3.31. The van der Waals surface area contributed by atoms with Crippen molar-refractivity contribution in [1.29, 1.82) is 0 Å². The number of aromatic nitrogens is 3. The van der Waals surface area contributed by atoms with Crippen LogP contribution in [0, 0.1) is 6.92 Å². The van der Waals surface area contributed by atoms with Crippen LogP contribution in [0.3, 0.4) is 0 Å². The van der Waals surface area contributed by atoms with Crippen molar-refractivity contribution in [2.45, 2.75) is 33.2 Å². The fourth-order valence-electron chi connectivity index (χ4n) is 1.65. The van der Waals surface area contributed by atoms with Crippen LogP contribution in [0.5, 0.6) is 0 Å². The smallest absolute Gasteiger partial charge is 0.129 e. The third-order valence-corrected chi connectivity index (χ3v) is 2.89. The van der Waals surface area contributed by atoms with Crippen LogP contribution in [0.1, 0.15) is 36.6 Å². The SMILES string of the molecule is Cc1ccncc1CNc1cc(C(C)C)ncn1. The van der Waals surface area contributed by atoms with Gasteiger partial charge in [0.15, 0.2) is 0 Å². The minimum atomic E-state index is 0.411. The topological polar surface area (TPSA) is 50.7 Å². The highest BCUT2D eigenvalue weighted by Crippen LogP contribution is 2.14. The molecule has 0 saturated carbocycles. The van der Waals surface area contributed by atoms with Crippen molar-refractivity contribution in [3.63, 3.8) is 0 Å². The molecule has 0 aliphatic rings. The van der Waals surface area contributed by atoms with E-state index < -0.39 is 0 Å². The quantitative estimate of drug-likeness (QED) is 0.895. The van der Waals surface area contributed by atoms with Crippen LogP contribution in [0.4, 0.5) is 5.82 Å². The third-order valence-electron chi connectivity index (χ3n) is 2.89. The highest BCUT2D eigenvalue weighted by atomic mass is 15.0. The van der Waals surface area contributed by atoms with E-state index in [2.05, 4.69) is 41.0 Å². The minimum absolute atomic E-state index is 0.411. The lowest BCUT2D eigenvalue weighted by Crippen LogP contribution is -2.05. The average Bonchev–Trinajstić information content (AvgIpc) is 2.38. The molecule has 0 aliphatic heterocycles. The van der Waals surface area contributed by atoms with Gasteiger partial charge in [0, 0.05) is 30.7 Å². The highest BCUT2D eigenvalue weighted by Gasteiger charge is 2.03. The normalized spacial score (nSPS) is 10.7.